The lowest BCUT2D eigenvalue weighted by molar-refractivity contribution is 0.459. The third-order valence-corrected chi connectivity index (χ3v) is 3.23. The molecule has 2 aliphatic rings. The largest absolute Gasteiger partial charge is 0.508 e. The predicted octanol–water partition coefficient (Wildman–Crippen LogP) is 1.73. The number of phenolic OH excluding ortho intramolecular Hbond substituents is 1. The van der Waals surface area contributed by atoms with E-state index < -0.39 is 0 Å². The lowest BCUT2D eigenvalue weighted by atomic mass is 9.94. The Labute approximate surface area is 76.9 Å². The number of rotatable bonds is 1. The molecular weight excluding hydrogens is 162 g/mol. The molecule has 2 unspecified atom stereocenters. The zero-order valence-electron chi connectivity index (χ0n) is 7.27. The molecular formula is C11H11NO. The summed E-state index contributed by atoms with van der Waals surface area (Å²) in [5, 5.41) is 9.71. The molecule has 1 aromatic carbocycles. The van der Waals surface area contributed by atoms with Gasteiger partial charge in [-0.1, -0.05) is 18.2 Å². The Kier molecular flexibility index (Phi) is 1.17. The normalized spacial score (nSPS) is 34.6. The van der Waals surface area contributed by atoms with Crippen LogP contribution in [0.4, 0.5) is 0 Å². The average molecular weight is 173 g/mol. The van der Waals surface area contributed by atoms with Gasteiger partial charge in [-0.3, -0.25) is 4.99 Å². The molecule has 2 nitrogen and oxygen atoms in total. The lowest BCUT2D eigenvalue weighted by Gasteiger charge is -2.12. The van der Waals surface area contributed by atoms with E-state index in [1.165, 1.54) is 0 Å². The number of aromatic hydroxyl groups is 1. The summed E-state index contributed by atoms with van der Waals surface area (Å²) in [6.07, 6.45) is 3.19. The fourth-order valence-corrected chi connectivity index (χ4v) is 2.34. The Morgan fingerprint density at radius 3 is 2.85 bits per heavy atom. The molecule has 66 valence electrons. The minimum Gasteiger partial charge on any atom is -0.508 e. The molecule has 0 amide bonds. The van der Waals surface area contributed by atoms with Crippen LogP contribution < -0.4 is 0 Å². The molecule has 13 heavy (non-hydrogen) atoms. The average Bonchev–Trinajstić information content (AvgIpc) is 2.70. The van der Waals surface area contributed by atoms with Crippen molar-refractivity contribution in [2.24, 2.45) is 10.9 Å². The number of hydrogen-bond donors (Lipinski definition) is 1. The van der Waals surface area contributed by atoms with Gasteiger partial charge >= 0.3 is 0 Å². The highest BCUT2D eigenvalue weighted by molar-refractivity contribution is 5.74. The summed E-state index contributed by atoms with van der Waals surface area (Å²) in [5.74, 6) is 1.01. The maximum atomic E-state index is 9.71. The predicted molar refractivity (Wildman–Crippen MR) is 51.3 cm³/mol. The molecule has 0 bridgehead atoms. The van der Waals surface area contributed by atoms with E-state index in [0.29, 0.717) is 11.7 Å². The minimum absolute atomic E-state index is 0.172. The lowest BCUT2D eigenvalue weighted by Crippen LogP contribution is -2.10. The summed E-state index contributed by atoms with van der Waals surface area (Å²) in [5.41, 5.74) is 1.25. The van der Waals surface area contributed by atoms with Crippen molar-refractivity contribution in [3.8, 4) is 5.75 Å². The molecule has 1 aliphatic heterocycles. The van der Waals surface area contributed by atoms with Gasteiger partial charge in [0.05, 0.1) is 0 Å². The number of phenols is 1. The third-order valence-electron chi connectivity index (χ3n) is 3.23. The van der Waals surface area contributed by atoms with Crippen LogP contribution in [0.5, 0.6) is 5.75 Å². The van der Waals surface area contributed by atoms with Crippen molar-refractivity contribution in [2.75, 3.05) is 6.54 Å². The van der Waals surface area contributed by atoms with E-state index in [9.17, 15) is 5.11 Å². The summed E-state index contributed by atoms with van der Waals surface area (Å²) in [6, 6.07) is 7.63. The van der Waals surface area contributed by atoms with Crippen LogP contribution in [0.2, 0.25) is 0 Å². The van der Waals surface area contributed by atoms with Gasteiger partial charge in [0.2, 0.25) is 0 Å². The second-order valence-electron chi connectivity index (χ2n) is 3.97. The van der Waals surface area contributed by atoms with Crippen LogP contribution in [0.15, 0.2) is 29.3 Å². The van der Waals surface area contributed by atoms with Gasteiger partial charge in [-0.05, 0) is 12.5 Å². The van der Waals surface area contributed by atoms with E-state index in [-0.39, 0.29) is 5.41 Å². The second-order valence-corrected chi connectivity index (χ2v) is 3.97. The smallest absolute Gasteiger partial charge is 0.119 e. The number of nitrogens with zero attached hydrogens (tertiary/aromatic N) is 1. The van der Waals surface area contributed by atoms with E-state index in [4.69, 9.17) is 0 Å². The Hall–Kier alpha value is -1.31. The first-order valence-electron chi connectivity index (χ1n) is 4.61. The molecule has 0 radical (unpaired) electrons. The van der Waals surface area contributed by atoms with Gasteiger partial charge in [0.1, 0.15) is 5.75 Å². The SMILES string of the molecule is Oc1ccccc1C12CN=CC1C2. The summed E-state index contributed by atoms with van der Waals surface area (Å²) in [6.45, 7) is 0.856. The first-order chi connectivity index (χ1) is 6.33. The maximum absolute atomic E-state index is 9.71. The number of hydrogen-bond acceptors (Lipinski definition) is 2. The van der Waals surface area contributed by atoms with Crippen molar-refractivity contribution >= 4 is 6.21 Å². The molecule has 1 fully saturated rings. The van der Waals surface area contributed by atoms with Crippen LogP contribution in [-0.4, -0.2) is 17.9 Å². The molecule has 2 heteroatoms. The van der Waals surface area contributed by atoms with E-state index >= 15 is 0 Å². The topological polar surface area (TPSA) is 32.6 Å². The fourth-order valence-electron chi connectivity index (χ4n) is 2.34. The molecule has 2 atom stereocenters. The number of benzene rings is 1. The number of fused-ring (bicyclic) bond motifs is 1. The monoisotopic (exact) mass is 173 g/mol. The molecule has 1 heterocycles. The molecule has 3 rings (SSSR count). The van der Waals surface area contributed by atoms with Gasteiger partial charge < -0.3 is 5.11 Å². The van der Waals surface area contributed by atoms with Crippen LogP contribution in [0, 0.1) is 5.92 Å². The summed E-state index contributed by atoms with van der Waals surface area (Å²) < 4.78 is 0. The second kappa shape index (κ2) is 2.13. The molecule has 1 aromatic rings. The number of aliphatic imine (C=N–C) groups is 1. The van der Waals surface area contributed by atoms with Crippen molar-refractivity contribution in [1.29, 1.82) is 0 Å². The van der Waals surface area contributed by atoms with Crippen molar-refractivity contribution in [3.63, 3.8) is 0 Å². The fraction of sp³-hybridized carbons (Fsp3) is 0.364. The standard InChI is InChI=1S/C11H11NO/c13-10-4-2-1-3-9(10)11-5-8(11)6-12-7-11/h1-4,6,8,13H,5,7H2. The van der Waals surface area contributed by atoms with E-state index in [0.717, 1.165) is 18.5 Å². The van der Waals surface area contributed by atoms with Gasteiger partial charge in [-0.15, -0.1) is 0 Å². The van der Waals surface area contributed by atoms with Gasteiger partial charge in [-0.2, -0.15) is 0 Å². The molecule has 0 saturated heterocycles. The minimum atomic E-state index is 0.172. The summed E-state index contributed by atoms with van der Waals surface area (Å²) >= 11 is 0. The first-order valence-corrected chi connectivity index (χ1v) is 4.61. The highest BCUT2D eigenvalue weighted by atomic mass is 16.3. The van der Waals surface area contributed by atoms with Crippen LogP contribution in [-0.2, 0) is 5.41 Å². The third kappa shape index (κ3) is 0.804. The van der Waals surface area contributed by atoms with Crippen molar-refractivity contribution in [3.05, 3.63) is 29.8 Å². The molecule has 0 aromatic heterocycles. The van der Waals surface area contributed by atoms with E-state index in [2.05, 4.69) is 4.99 Å². The van der Waals surface area contributed by atoms with Crippen LogP contribution >= 0.6 is 0 Å². The van der Waals surface area contributed by atoms with Gasteiger partial charge in [0, 0.05) is 29.7 Å². The van der Waals surface area contributed by atoms with E-state index in [1.807, 2.05) is 24.4 Å². The van der Waals surface area contributed by atoms with Gasteiger partial charge in [0.25, 0.3) is 0 Å². The first kappa shape index (κ1) is 7.13. The van der Waals surface area contributed by atoms with Gasteiger partial charge in [-0.25, -0.2) is 0 Å². The van der Waals surface area contributed by atoms with Crippen LogP contribution in [0.1, 0.15) is 12.0 Å². The zero-order chi connectivity index (χ0) is 8.89. The van der Waals surface area contributed by atoms with Crippen molar-refractivity contribution < 1.29 is 5.11 Å². The molecule has 0 spiro atoms. The maximum Gasteiger partial charge on any atom is 0.119 e. The Morgan fingerprint density at radius 1 is 1.38 bits per heavy atom. The number of para-hydroxylation sites is 1. The van der Waals surface area contributed by atoms with E-state index in [1.54, 1.807) is 6.07 Å². The molecule has 1 N–H and O–H groups in total. The Morgan fingerprint density at radius 2 is 2.23 bits per heavy atom. The summed E-state index contributed by atoms with van der Waals surface area (Å²) in [7, 11) is 0. The quantitative estimate of drug-likeness (QED) is 0.689. The Balaban J connectivity index is 2.07. The highest BCUT2D eigenvalue weighted by Gasteiger charge is 2.57. The van der Waals surface area contributed by atoms with Gasteiger partial charge in [0.15, 0.2) is 0 Å². The van der Waals surface area contributed by atoms with Crippen LogP contribution in [0.3, 0.4) is 0 Å². The highest BCUT2D eigenvalue weighted by Crippen LogP contribution is 2.58. The summed E-state index contributed by atoms with van der Waals surface area (Å²) in [4.78, 5) is 4.27. The Bertz CT molecular complexity index is 385. The van der Waals surface area contributed by atoms with Crippen molar-refractivity contribution in [2.45, 2.75) is 11.8 Å². The zero-order valence-corrected chi connectivity index (χ0v) is 7.27. The molecule has 1 saturated carbocycles. The van der Waals surface area contributed by atoms with Crippen molar-refractivity contribution in [1.82, 2.24) is 0 Å². The molecule has 1 aliphatic carbocycles. The van der Waals surface area contributed by atoms with Crippen LogP contribution in [0.25, 0.3) is 0 Å².